The Morgan fingerprint density at radius 2 is 1.68 bits per heavy atom. The Morgan fingerprint density at radius 3 is 2.41 bits per heavy atom. The Hall–Kier alpha value is -1.49. The average Bonchev–Trinajstić information content (AvgIpc) is 3.10. The van der Waals surface area contributed by atoms with Gasteiger partial charge in [-0.3, -0.25) is 0 Å². The van der Waals surface area contributed by atoms with Crippen LogP contribution in [-0.4, -0.2) is 0 Å². The molecule has 1 N–H and O–H groups in total. The summed E-state index contributed by atoms with van der Waals surface area (Å²) < 4.78 is 10.8. The molecular weight excluding hydrogens is 341 g/mol. The van der Waals surface area contributed by atoms with Gasteiger partial charge in [0.05, 0.1) is 23.5 Å². The second-order valence-electron chi connectivity index (χ2n) is 4.66. The van der Waals surface area contributed by atoms with Crippen LogP contribution in [0, 0.1) is 0 Å². The first-order valence-electron chi connectivity index (χ1n) is 6.60. The highest BCUT2D eigenvalue weighted by Gasteiger charge is 2.05. The zero-order valence-corrected chi connectivity index (χ0v) is 13.8. The SMILES string of the molecule is Clc1cc(Cl)cc(Nc2coc(CSCc3ccco3)c2)c1. The van der Waals surface area contributed by atoms with Crippen LogP contribution in [0.25, 0.3) is 0 Å². The molecule has 0 amide bonds. The van der Waals surface area contributed by atoms with Crippen molar-refractivity contribution in [1.29, 1.82) is 0 Å². The minimum Gasteiger partial charge on any atom is -0.468 e. The molecular formula is C16H13Cl2NO2S. The average molecular weight is 354 g/mol. The first-order chi connectivity index (χ1) is 10.7. The fraction of sp³-hybridized carbons (Fsp3) is 0.125. The van der Waals surface area contributed by atoms with E-state index in [1.165, 1.54) is 0 Å². The van der Waals surface area contributed by atoms with Crippen LogP contribution in [0.1, 0.15) is 11.5 Å². The molecule has 0 aliphatic rings. The first kappa shape index (κ1) is 15.4. The van der Waals surface area contributed by atoms with E-state index in [9.17, 15) is 0 Å². The molecule has 0 fully saturated rings. The highest BCUT2D eigenvalue weighted by Crippen LogP contribution is 2.27. The van der Waals surface area contributed by atoms with Crippen LogP contribution >= 0.6 is 35.0 Å². The third-order valence-corrected chi connectivity index (χ3v) is 4.29. The summed E-state index contributed by atoms with van der Waals surface area (Å²) in [7, 11) is 0. The lowest BCUT2D eigenvalue weighted by Crippen LogP contribution is -1.88. The van der Waals surface area contributed by atoms with Gasteiger partial charge in [-0.1, -0.05) is 23.2 Å². The molecule has 3 rings (SSSR count). The predicted octanol–water partition coefficient (Wildman–Crippen LogP) is 6.36. The highest BCUT2D eigenvalue weighted by molar-refractivity contribution is 7.97. The van der Waals surface area contributed by atoms with Gasteiger partial charge in [-0.05, 0) is 30.3 Å². The molecule has 22 heavy (non-hydrogen) atoms. The number of halogens is 2. The molecule has 114 valence electrons. The van der Waals surface area contributed by atoms with Crippen LogP contribution in [0.5, 0.6) is 0 Å². The summed E-state index contributed by atoms with van der Waals surface area (Å²) in [4.78, 5) is 0. The standard InChI is InChI=1S/C16H13Cl2NO2S/c17-11-4-12(18)6-13(5-11)19-14-7-16(21-8-14)10-22-9-15-2-1-3-20-15/h1-8,19H,9-10H2. The number of anilines is 2. The minimum absolute atomic E-state index is 0.590. The van der Waals surface area contributed by atoms with Crippen molar-refractivity contribution >= 4 is 46.3 Å². The molecule has 0 aliphatic heterocycles. The largest absolute Gasteiger partial charge is 0.468 e. The Morgan fingerprint density at radius 1 is 0.909 bits per heavy atom. The van der Waals surface area contributed by atoms with E-state index in [0.717, 1.165) is 34.4 Å². The zero-order valence-electron chi connectivity index (χ0n) is 11.5. The highest BCUT2D eigenvalue weighted by atomic mass is 35.5. The fourth-order valence-electron chi connectivity index (χ4n) is 1.96. The summed E-state index contributed by atoms with van der Waals surface area (Å²) in [6, 6.07) is 11.1. The minimum atomic E-state index is 0.590. The Kier molecular flexibility index (Phi) is 5.03. The maximum atomic E-state index is 5.98. The van der Waals surface area contributed by atoms with Gasteiger partial charge in [-0.2, -0.15) is 0 Å². The number of hydrogen-bond acceptors (Lipinski definition) is 4. The van der Waals surface area contributed by atoms with Gasteiger partial charge < -0.3 is 14.2 Å². The Labute approximate surface area is 142 Å². The number of hydrogen-bond donors (Lipinski definition) is 1. The van der Waals surface area contributed by atoms with Crippen LogP contribution in [0.3, 0.4) is 0 Å². The van der Waals surface area contributed by atoms with E-state index < -0.39 is 0 Å². The molecule has 0 saturated carbocycles. The number of nitrogens with one attached hydrogen (secondary N) is 1. The van der Waals surface area contributed by atoms with Gasteiger partial charge >= 0.3 is 0 Å². The van der Waals surface area contributed by atoms with E-state index in [1.807, 2.05) is 30.3 Å². The molecule has 0 radical (unpaired) electrons. The lowest BCUT2D eigenvalue weighted by molar-refractivity contribution is 0.526. The van der Waals surface area contributed by atoms with Crippen LogP contribution in [0.4, 0.5) is 11.4 Å². The van der Waals surface area contributed by atoms with E-state index >= 15 is 0 Å². The lowest BCUT2D eigenvalue weighted by atomic mass is 10.3. The summed E-state index contributed by atoms with van der Waals surface area (Å²) in [6.07, 6.45) is 3.36. The number of rotatable bonds is 6. The molecule has 3 nitrogen and oxygen atoms in total. The normalized spacial score (nSPS) is 10.8. The molecule has 0 unspecified atom stereocenters. The van der Waals surface area contributed by atoms with E-state index in [-0.39, 0.29) is 0 Å². The van der Waals surface area contributed by atoms with Crippen LogP contribution in [0.2, 0.25) is 10.0 Å². The first-order valence-corrected chi connectivity index (χ1v) is 8.51. The van der Waals surface area contributed by atoms with Crippen molar-refractivity contribution in [3.05, 3.63) is 70.5 Å². The molecule has 0 atom stereocenters. The summed E-state index contributed by atoms with van der Waals surface area (Å²) in [5.41, 5.74) is 1.69. The van der Waals surface area contributed by atoms with Crippen LogP contribution < -0.4 is 5.32 Å². The Bertz CT molecular complexity index is 720. The van der Waals surface area contributed by atoms with Crippen molar-refractivity contribution in [1.82, 2.24) is 0 Å². The zero-order chi connectivity index (χ0) is 15.4. The Balaban J connectivity index is 1.56. The van der Waals surface area contributed by atoms with Crippen molar-refractivity contribution in [3.8, 4) is 0 Å². The molecule has 0 spiro atoms. The van der Waals surface area contributed by atoms with E-state index in [0.29, 0.717) is 10.0 Å². The molecule has 3 aromatic rings. The van der Waals surface area contributed by atoms with Gasteiger partial charge in [-0.25, -0.2) is 0 Å². The van der Waals surface area contributed by atoms with Crippen LogP contribution in [0.15, 0.2) is 57.8 Å². The molecule has 1 aromatic carbocycles. The van der Waals surface area contributed by atoms with Crippen molar-refractivity contribution in [3.63, 3.8) is 0 Å². The summed E-state index contributed by atoms with van der Waals surface area (Å²) in [5.74, 6) is 3.45. The van der Waals surface area contributed by atoms with Gasteiger partial charge in [0.2, 0.25) is 0 Å². The van der Waals surface area contributed by atoms with Crippen molar-refractivity contribution in [2.24, 2.45) is 0 Å². The number of furan rings is 2. The van der Waals surface area contributed by atoms with Crippen molar-refractivity contribution in [2.45, 2.75) is 11.5 Å². The van der Waals surface area contributed by atoms with Crippen molar-refractivity contribution in [2.75, 3.05) is 5.32 Å². The summed E-state index contributed by atoms with van der Waals surface area (Å²) in [6.45, 7) is 0. The molecule has 0 saturated heterocycles. The smallest absolute Gasteiger partial charge is 0.115 e. The van der Waals surface area contributed by atoms with E-state index in [2.05, 4.69) is 5.32 Å². The third kappa shape index (κ3) is 4.26. The maximum Gasteiger partial charge on any atom is 0.115 e. The van der Waals surface area contributed by atoms with Gasteiger partial charge in [0, 0.05) is 21.8 Å². The second kappa shape index (κ2) is 7.18. The van der Waals surface area contributed by atoms with Gasteiger partial charge in [0.25, 0.3) is 0 Å². The maximum absolute atomic E-state index is 5.98. The molecule has 0 bridgehead atoms. The lowest BCUT2D eigenvalue weighted by Gasteiger charge is -2.04. The number of benzene rings is 1. The third-order valence-electron chi connectivity index (χ3n) is 2.87. The van der Waals surface area contributed by atoms with Gasteiger partial charge in [0.1, 0.15) is 17.8 Å². The van der Waals surface area contributed by atoms with Gasteiger partial charge in [-0.15, -0.1) is 11.8 Å². The molecule has 0 aliphatic carbocycles. The second-order valence-corrected chi connectivity index (χ2v) is 6.52. The van der Waals surface area contributed by atoms with Crippen molar-refractivity contribution < 1.29 is 8.83 Å². The fourth-order valence-corrected chi connectivity index (χ4v) is 3.31. The molecule has 2 heterocycles. The van der Waals surface area contributed by atoms with Crippen LogP contribution in [-0.2, 0) is 11.5 Å². The van der Waals surface area contributed by atoms with E-state index in [4.69, 9.17) is 32.0 Å². The van der Waals surface area contributed by atoms with Gasteiger partial charge in [0.15, 0.2) is 0 Å². The molecule has 6 heteroatoms. The monoisotopic (exact) mass is 353 g/mol. The predicted molar refractivity (Wildman–Crippen MR) is 92.2 cm³/mol. The quantitative estimate of drug-likeness (QED) is 0.559. The summed E-state index contributed by atoms with van der Waals surface area (Å²) in [5, 5.41) is 4.40. The number of thioether (sulfide) groups is 1. The molecule has 2 aromatic heterocycles. The topological polar surface area (TPSA) is 38.3 Å². The van der Waals surface area contributed by atoms with E-state index in [1.54, 1.807) is 30.4 Å². The summed E-state index contributed by atoms with van der Waals surface area (Å²) >= 11 is 13.7.